The van der Waals surface area contributed by atoms with E-state index < -0.39 is 18.7 Å². The van der Waals surface area contributed by atoms with Crippen molar-refractivity contribution in [3.8, 4) is 0 Å². The lowest BCUT2D eigenvalue weighted by Crippen LogP contribution is -2.44. The quantitative estimate of drug-likeness (QED) is 0.207. The Balaban J connectivity index is 2.22. The highest BCUT2D eigenvalue weighted by molar-refractivity contribution is 7.54. The molecule has 0 aliphatic carbocycles. The lowest BCUT2D eigenvalue weighted by Gasteiger charge is -2.29. The minimum atomic E-state index is -2.10. The highest BCUT2D eigenvalue weighted by Gasteiger charge is 2.39. The van der Waals surface area contributed by atoms with Crippen molar-refractivity contribution in [3.63, 3.8) is 0 Å². The van der Waals surface area contributed by atoms with E-state index in [1.165, 1.54) is 24.3 Å². The van der Waals surface area contributed by atoms with Crippen LogP contribution in [0.3, 0.4) is 0 Å². The van der Waals surface area contributed by atoms with Crippen LogP contribution in [0.5, 0.6) is 0 Å². The summed E-state index contributed by atoms with van der Waals surface area (Å²) in [7, 11) is -2.10. The molecule has 0 saturated carbocycles. The molecule has 1 heterocycles. The van der Waals surface area contributed by atoms with Gasteiger partial charge in [-0.1, -0.05) is 4.57 Å². The van der Waals surface area contributed by atoms with Crippen LogP contribution in [0.2, 0.25) is 0 Å². The molecule has 1 fully saturated rings. The van der Waals surface area contributed by atoms with Gasteiger partial charge < -0.3 is 19.4 Å². The Hall–Kier alpha value is -2.95. The van der Waals surface area contributed by atoms with E-state index in [2.05, 4.69) is 0 Å². The standard InChI is InChI=1S/C22H33N5O7P/c1-2-34-22(35(33)21-7-5-20(6-8-21)27(31)32)26-12-4-11-24(18-29)14-13-23(17-28)9-3-10-25(19-30)15-16-26/h5-8,17-19,22H,2-4,9-16H2,1H3/q+1. The van der Waals surface area contributed by atoms with Crippen LogP contribution >= 0.6 is 7.80 Å². The van der Waals surface area contributed by atoms with Gasteiger partial charge in [-0.2, -0.15) is 0 Å². The van der Waals surface area contributed by atoms with Gasteiger partial charge in [-0.3, -0.25) is 24.5 Å². The fraction of sp³-hybridized carbons (Fsp3) is 0.591. The van der Waals surface area contributed by atoms with Crippen molar-refractivity contribution in [2.24, 2.45) is 0 Å². The second kappa shape index (κ2) is 15.1. The van der Waals surface area contributed by atoms with Crippen LogP contribution in [0, 0.1) is 10.1 Å². The van der Waals surface area contributed by atoms with Gasteiger partial charge in [0.1, 0.15) is 0 Å². The molecule has 3 amide bonds. The number of ether oxygens (including phenoxy) is 1. The summed E-state index contributed by atoms with van der Waals surface area (Å²) in [5.74, 6) is -0.798. The summed E-state index contributed by atoms with van der Waals surface area (Å²) in [6.45, 7) is 5.46. The van der Waals surface area contributed by atoms with Gasteiger partial charge in [-0.25, -0.2) is 4.90 Å². The number of carbonyl (C=O) groups excluding carboxylic acids is 3. The van der Waals surface area contributed by atoms with Crippen molar-refractivity contribution in [1.82, 2.24) is 19.6 Å². The predicted octanol–water partition coefficient (Wildman–Crippen LogP) is 0.839. The Bertz CT molecular complexity index is 857. The number of nitrogens with zero attached hydrogens (tertiary/aromatic N) is 5. The molecule has 12 nitrogen and oxygen atoms in total. The summed E-state index contributed by atoms with van der Waals surface area (Å²) in [4.78, 5) is 51.6. The van der Waals surface area contributed by atoms with E-state index in [-0.39, 0.29) is 5.69 Å². The molecule has 1 aromatic rings. The average molecular weight is 511 g/mol. The van der Waals surface area contributed by atoms with E-state index >= 15 is 0 Å². The van der Waals surface area contributed by atoms with Gasteiger partial charge in [-0.05, 0) is 31.9 Å². The molecule has 2 unspecified atom stereocenters. The molecule has 1 aliphatic rings. The summed E-state index contributed by atoms with van der Waals surface area (Å²) in [5, 5.41) is 11.4. The molecular formula is C22H33N5O7P+. The van der Waals surface area contributed by atoms with Crippen molar-refractivity contribution in [1.29, 1.82) is 0 Å². The lowest BCUT2D eigenvalue weighted by molar-refractivity contribution is -0.384. The van der Waals surface area contributed by atoms with Crippen molar-refractivity contribution in [2.75, 3.05) is 59.0 Å². The van der Waals surface area contributed by atoms with E-state index in [9.17, 15) is 29.1 Å². The van der Waals surface area contributed by atoms with Crippen LogP contribution in [0.4, 0.5) is 5.69 Å². The normalized spacial score (nSPS) is 18.3. The van der Waals surface area contributed by atoms with Crippen LogP contribution in [-0.4, -0.2) is 109 Å². The number of non-ortho nitro benzene ring substituents is 1. The van der Waals surface area contributed by atoms with Crippen LogP contribution < -0.4 is 5.30 Å². The Labute approximate surface area is 205 Å². The monoisotopic (exact) mass is 510 g/mol. The van der Waals surface area contributed by atoms with Crippen LogP contribution in [0.1, 0.15) is 19.8 Å². The summed E-state index contributed by atoms with van der Waals surface area (Å²) in [6.07, 6.45) is 3.42. The van der Waals surface area contributed by atoms with Crippen molar-refractivity contribution in [2.45, 2.75) is 25.7 Å². The smallest absolute Gasteiger partial charge is 0.344 e. The third kappa shape index (κ3) is 8.97. The number of carbonyl (C=O) groups is 3. The second-order valence-corrected chi connectivity index (χ2v) is 9.66. The predicted molar refractivity (Wildman–Crippen MR) is 129 cm³/mol. The number of nitro groups is 1. The van der Waals surface area contributed by atoms with E-state index in [0.717, 1.165) is 19.2 Å². The molecule has 35 heavy (non-hydrogen) atoms. The van der Waals surface area contributed by atoms with E-state index in [1.54, 1.807) is 21.6 Å². The molecule has 13 heteroatoms. The Morgan fingerprint density at radius 3 is 1.83 bits per heavy atom. The Morgan fingerprint density at radius 2 is 1.37 bits per heavy atom. The van der Waals surface area contributed by atoms with Crippen molar-refractivity contribution >= 4 is 38.0 Å². The number of nitro benzene ring substituents is 1. The van der Waals surface area contributed by atoms with Gasteiger partial charge in [0.05, 0.1) is 11.5 Å². The second-order valence-electron chi connectivity index (χ2n) is 8.05. The van der Waals surface area contributed by atoms with Gasteiger partial charge in [0.15, 0.2) is 5.30 Å². The largest absolute Gasteiger partial charge is 0.425 e. The first-order valence-electron chi connectivity index (χ1n) is 11.6. The molecule has 0 bridgehead atoms. The maximum Gasteiger partial charge on any atom is 0.425 e. The first-order valence-corrected chi connectivity index (χ1v) is 12.9. The maximum absolute atomic E-state index is 13.5. The molecule has 192 valence electrons. The summed E-state index contributed by atoms with van der Waals surface area (Å²) >= 11 is 0. The van der Waals surface area contributed by atoms with Gasteiger partial charge in [0.2, 0.25) is 19.2 Å². The lowest BCUT2D eigenvalue weighted by atomic mass is 10.3. The minimum Gasteiger partial charge on any atom is -0.344 e. The molecule has 0 spiro atoms. The molecule has 0 radical (unpaired) electrons. The highest BCUT2D eigenvalue weighted by atomic mass is 31.1. The Kier molecular flexibility index (Phi) is 12.2. The summed E-state index contributed by atoms with van der Waals surface area (Å²) < 4.78 is 19.3. The maximum atomic E-state index is 13.5. The third-order valence-corrected chi connectivity index (χ3v) is 7.41. The number of benzene rings is 1. The molecule has 1 aliphatic heterocycles. The zero-order chi connectivity index (χ0) is 25.6. The molecule has 1 aromatic carbocycles. The Morgan fingerprint density at radius 1 is 0.886 bits per heavy atom. The topological polar surface area (TPSA) is 134 Å². The first-order chi connectivity index (χ1) is 16.9. The zero-order valence-corrected chi connectivity index (χ0v) is 20.8. The third-order valence-electron chi connectivity index (χ3n) is 5.72. The fourth-order valence-corrected chi connectivity index (χ4v) is 5.28. The van der Waals surface area contributed by atoms with E-state index in [1.807, 2.05) is 4.90 Å². The van der Waals surface area contributed by atoms with Gasteiger partial charge in [0.25, 0.3) is 5.69 Å². The zero-order valence-electron chi connectivity index (χ0n) is 19.9. The molecule has 1 saturated heterocycles. The first kappa shape index (κ1) is 28.3. The average Bonchev–Trinajstić information content (AvgIpc) is 2.87. The van der Waals surface area contributed by atoms with Crippen molar-refractivity contribution in [3.05, 3.63) is 34.4 Å². The van der Waals surface area contributed by atoms with Crippen LogP contribution in [0.25, 0.3) is 0 Å². The van der Waals surface area contributed by atoms with Crippen molar-refractivity contribution < 1.29 is 28.6 Å². The molecule has 2 rings (SSSR count). The summed E-state index contributed by atoms with van der Waals surface area (Å²) in [6, 6.07) is 5.57. The summed E-state index contributed by atoms with van der Waals surface area (Å²) in [5.41, 5.74) is -0.0906. The molecule has 2 atom stereocenters. The van der Waals surface area contributed by atoms with Gasteiger partial charge >= 0.3 is 13.8 Å². The SMILES string of the molecule is CCOC(N1CCCN(C=O)CCN(C=O)CCCN(C=O)CC1)[P+](=O)c1ccc([N+](=O)[O-])cc1. The van der Waals surface area contributed by atoms with E-state index in [0.29, 0.717) is 77.1 Å². The fourth-order valence-electron chi connectivity index (χ4n) is 3.77. The number of rotatable bonds is 9. The number of hydrogen-bond donors (Lipinski definition) is 0. The van der Waals surface area contributed by atoms with Gasteiger partial charge in [-0.15, -0.1) is 0 Å². The van der Waals surface area contributed by atoms with E-state index in [4.69, 9.17) is 4.74 Å². The highest BCUT2D eigenvalue weighted by Crippen LogP contribution is 2.32. The number of amides is 3. The van der Waals surface area contributed by atoms with Crippen LogP contribution in [-0.2, 0) is 23.7 Å². The number of hydrogen-bond acceptors (Lipinski definition) is 8. The van der Waals surface area contributed by atoms with Crippen LogP contribution in [0.15, 0.2) is 24.3 Å². The molecular weight excluding hydrogens is 477 g/mol. The minimum absolute atomic E-state index is 0.0906. The molecule has 0 N–H and O–H groups in total. The molecule has 0 aromatic heterocycles. The van der Waals surface area contributed by atoms with Gasteiger partial charge in [0, 0.05) is 64.5 Å².